The van der Waals surface area contributed by atoms with E-state index in [1.165, 1.54) is 9.80 Å². The molecule has 4 heterocycles. The molecule has 10 nitrogen and oxygen atoms in total. The Kier molecular flexibility index (Phi) is 4.59. The fraction of sp³-hybridized carbons (Fsp3) is 0.500. The summed E-state index contributed by atoms with van der Waals surface area (Å²) in [5.41, 5.74) is -0.637. The number of nitriles is 1. The molecule has 6 amide bonds. The average Bonchev–Trinajstić information content (AvgIpc) is 3.28. The highest BCUT2D eigenvalue weighted by Gasteiger charge is 2.82. The number of amides is 6. The molecule has 6 rings (SSSR count). The Morgan fingerprint density at radius 1 is 0.944 bits per heavy atom. The molecule has 1 saturated carbocycles. The number of urea groups is 2. The summed E-state index contributed by atoms with van der Waals surface area (Å²) >= 11 is 0. The van der Waals surface area contributed by atoms with Gasteiger partial charge in [-0.05, 0) is 44.9 Å². The van der Waals surface area contributed by atoms with Crippen molar-refractivity contribution < 1.29 is 19.2 Å². The van der Waals surface area contributed by atoms with Crippen molar-refractivity contribution in [2.45, 2.75) is 45.3 Å². The molecule has 3 aliphatic heterocycles. The van der Waals surface area contributed by atoms with E-state index in [4.69, 9.17) is 0 Å². The van der Waals surface area contributed by atoms with Crippen LogP contribution in [0.4, 0.5) is 9.59 Å². The Morgan fingerprint density at radius 3 is 2.31 bits per heavy atom. The molecule has 2 aromatic rings. The highest BCUT2D eigenvalue weighted by Crippen LogP contribution is 2.65. The van der Waals surface area contributed by atoms with Crippen LogP contribution < -0.4 is 0 Å². The van der Waals surface area contributed by atoms with Gasteiger partial charge in [-0.15, -0.1) is 0 Å². The van der Waals surface area contributed by atoms with Crippen molar-refractivity contribution in [2.75, 3.05) is 26.7 Å². The molecular weight excluding hydrogens is 460 g/mol. The first-order valence-corrected chi connectivity index (χ1v) is 12.4. The van der Waals surface area contributed by atoms with Crippen molar-refractivity contribution in [1.82, 2.24) is 24.2 Å². The molecule has 36 heavy (non-hydrogen) atoms. The van der Waals surface area contributed by atoms with E-state index >= 15 is 0 Å². The van der Waals surface area contributed by atoms with Crippen molar-refractivity contribution in [3.8, 4) is 6.07 Å². The molecule has 3 saturated heterocycles. The van der Waals surface area contributed by atoms with Crippen molar-refractivity contribution in [1.29, 1.82) is 5.26 Å². The third-order valence-electron chi connectivity index (χ3n) is 9.20. The van der Waals surface area contributed by atoms with E-state index < -0.39 is 22.9 Å². The molecule has 186 valence electrons. The van der Waals surface area contributed by atoms with Gasteiger partial charge in [0.25, 0.3) is 0 Å². The monoisotopic (exact) mass is 488 g/mol. The van der Waals surface area contributed by atoms with Crippen LogP contribution >= 0.6 is 0 Å². The Bertz CT molecular complexity index is 1390. The van der Waals surface area contributed by atoms with Gasteiger partial charge < -0.3 is 14.4 Å². The lowest BCUT2D eigenvalue weighted by molar-refractivity contribution is -0.226. The van der Waals surface area contributed by atoms with E-state index in [1.807, 2.05) is 24.4 Å². The largest absolute Gasteiger partial charge is 0.347 e. The number of carbonyl (C=O) groups excluding carboxylic acids is 4. The minimum absolute atomic E-state index is 0.178. The number of rotatable bonds is 4. The predicted octanol–water partition coefficient (Wildman–Crippen LogP) is 2.23. The maximum atomic E-state index is 13.7. The molecule has 0 radical (unpaired) electrons. The number of aromatic nitrogens is 1. The molecule has 2 unspecified atom stereocenters. The zero-order valence-electron chi connectivity index (χ0n) is 20.6. The summed E-state index contributed by atoms with van der Waals surface area (Å²) < 4.78 is 2.06. The average molecular weight is 489 g/mol. The van der Waals surface area contributed by atoms with E-state index in [0.717, 1.165) is 10.9 Å². The van der Waals surface area contributed by atoms with Gasteiger partial charge in [-0.1, -0.05) is 6.07 Å². The minimum atomic E-state index is -1.11. The SMILES string of the molecule is CN1C(=O)N2CCCN3C(=O)N(CCCn4ccc5c(C#N)cccc54)C4C1[C@](C)(C2=O)[C@]4(C)C3=O. The minimum Gasteiger partial charge on any atom is -0.347 e. The molecule has 1 aromatic heterocycles. The molecule has 4 aliphatic rings. The molecule has 10 heteroatoms. The van der Waals surface area contributed by atoms with Gasteiger partial charge in [-0.25, -0.2) is 9.59 Å². The van der Waals surface area contributed by atoms with Gasteiger partial charge in [0.05, 0.1) is 34.5 Å². The van der Waals surface area contributed by atoms with Crippen LogP contribution in [0.15, 0.2) is 30.5 Å². The van der Waals surface area contributed by atoms with Crippen LogP contribution in [0.2, 0.25) is 0 Å². The Hall–Kier alpha value is -3.87. The van der Waals surface area contributed by atoms with Gasteiger partial charge in [0.2, 0.25) is 11.8 Å². The van der Waals surface area contributed by atoms with Crippen molar-refractivity contribution in [3.63, 3.8) is 0 Å². The summed E-state index contributed by atoms with van der Waals surface area (Å²) in [6.07, 6.45) is 2.91. The zero-order chi connectivity index (χ0) is 25.6. The van der Waals surface area contributed by atoms with Crippen LogP contribution in [0.25, 0.3) is 10.9 Å². The molecule has 1 aromatic carbocycles. The molecule has 4 fully saturated rings. The van der Waals surface area contributed by atoms with E-state index in [2.05, 4.69) is 10.6 Å². The number of fused-ring (bicyclic) bond motifs is 4. The van der Waals surface area contributed by atoms with E-state index in [1.54, 1.807) is 36.8 Å². The second kappa shape index (κ2) is 7.32. The normalized spacial score (nSPS) is 31.4. The lowest BCUT2D eigenvalue weighted by atomic mass is 9.41. The summed E-state index contributed by atoms with van der Waals surface area (Å²) in [6.45, 7) is 4.93. The van der Waals surface area contributed by atoms with Crippen LogP contribution in [0.3, 0.4) is 0 Å². The number of carbonyl (C=O) groups is 4. The topological polar surface area (TPSA) is 110 Å². The standard InChI is InChI=1S/C26H28N6O4/c1-25-19-20-26(25,2)22(34)32(13-6-12-31(21(25)33)23(35)28(19)3)24(36)30(20)11-5-10-29-14-9-17-16(15-27)7-4-8-18(17)29/h4,7-9,14,19-20H,5-6,10-13H2,1-3H3/t19?,20?,25-,26+/m1/s1. The molecule has 4 bridgehead atoms. The van der Waals surface area contributed by atoms with Gasteiger partial charge in [0.1, 0.15) is 0 Å². The van der Waals surface area contributed by atoms with Gasteiger partial charge in [0.15, 0.2) is 0 Å². The zero-order valence-corrected chi connectivity index (χ0v) is 20.6. The summed E-state index contributed by atoms with van der Waals surface area (Å²) in [7, 11) is 1.67. The number of benzene rings is 1. The van der Waals surface area contributed by atoms with Crippen molar-refractivity contribution in [3.05, 3.63) is 36.0 Å². The number of aryl methyl sites for hydroxylation is 1. The van der Waals surface area contributed by atoms with Crippen LogP contribution in [0, 0.1) is 22.2 Å². The highest BCUT2D eigenvalue weighted by molar-refractivity contribution is 6.11. The Balaban J connectivity index is 1.34. The van der Waals surface area contributed by atoms with Crippen molar-refractivity contribution >= 4 is 34.8 Å². The first-order valence-electron chi connectivity index (χ1n) is 12.4. The van der Waals surface area contributed by atoms with E-state index in [0.29, 0.717) is 31.5 Å². The third-order valence-corrected chi connectivity index (χ3v) is 9.20. The van der Waals surface area contributed by atoms with Gasteiger partial charge >= 0.3 is 12.1 Å². The maximum absolute atomic E-state index is 13.7. The lowest BCUT2D eigenvalue weighted by Gasteiger charge is -2.72. The summed E-state index contributed by atoms with van der Waals surface area (Å²) in [5.74, 6) is -0.628. The first-order chi connectivity index (χ1) is 17.2. The number of likely N-dealkylation sites (N-methyl/N-ethyl adjacent to an activating group) is 1. The highest BCUT2D eigenvalue weighted by atomic mass is 16.2. The summed E-state index contributed by atoms with van der Waals surface area (Å²) in [6, 6.07) is 7.91. The van der Waals surface area contributed by atoms with Crippen LogP contribution in [0.1, 0.15) is 32.3 Å². The number of imide groups is 2. The maximum Gasteiger partial charge on any atom is 0.327 e. The van der Waals surface area contributed by atoms with Crippen molar-refractivity contribution in [2.24, 2.45) is 10.8 Å². The number of hydrogen-bond acceptors (Lipinski definition) is 5. The molecule has 0 spiro atoms. The van der Waals surface area contributed by atoms with E-state index in [-0.39, 0.29) is 37.0 Å². The van der Waals surface area contributed by atoms with Gasteiger partial charge in [-0.3, -0.25) is 19.4 Å². The quantitative estimate of drug-likeness (QED) is 0.656. The molecule has 0 N–H and O–H groups in total. The smallest absolute Gasteiger partial charge is 0.327 e. The number of nitrogens with zero attached hydrogens (tertiary/aromatic N) is 6. The van der Waals surface area contributed by atoms with Crippen LogP contribution in [-0.2, 0) is 16.1 Å². The second-order valence-electron chi connectivity index (χ2n) is 10.6. The third kappa shape index (κ3) is 2.45. The second-order valence-corrected chi connectivity index (χ2v) is 10.6. The first kappa shape index (κ1) is 22.6. The summed E-state index contributed by atoms with van der Waals surface area (Å²) in [5, 5.41) is 10.3. The van der Waals surface area contributed by atoms with Crippen LogP contribution in [-0.4, -0.2) is 86.8 Å². The number of hydrogen-bond donors (Lipinski definition) is 0. The Morgan fingerprint density at radius 2 is 1.61 bits per heavy atom. The fourth-order valence-electron chi connectivity index (χ4n) is 7.19. The predicted molar refractivity (Wildman–Crippen MR) is 128 cm³/mol. The summed E-state index contributed by atoms with van der Waals surface area (Å²) in [4.78, 5) is 59.9. The van der Waals surface area contributed by atoms with Crippen LogP contribution in [0.5, 0.6) is 0 Å². The molecule has 1 aliphatic carbocycles. The Labute approximate surface area is 208 Å². The van der Waals surface area contributed by atoms with Gasteiger partial charge in [-0.2, -0.15) is 5.26 Å². The molecular formula is C26H28N6O4. The molecule has 4 atom stereocenters. The van der Waals surface area contributed by atoms with Gasteiger partial charge in [0, 0.05) is 50.3 Å². The lowest BCUT2D eigenvalue weighted by Crippen LogP contribution is -2.90. The van der Waals surface area contributed by atoms with E-state index in [9.17, 15) is 24.4 Å². The fourth-order valence-corrected chi connectivity index (χ4v) is 7.19.